The number of aromatic nitrogens is 1. The van der Waals surface area contributed by atoms with Gasteiger partial charge in [-0.2, -0.15) is 18.4 Å². The average molecular weight is 238 g/mol. The van der Waals surface area contributed by atoms with Gasteiger partial charge >= 0.3 is 6.18 Å². The molecule has 0 aliphatic carbocycles. The molecule has 1 aromatic carbocycles. The molecular weight excluding hydrogens is 233 g/mol. The van der Waals surface area contributed by atoms with Crippen LogP contribution in [0.25, 0.3) is 11.3 Å². The average Bonchev–Trinajstić information content (AvgIpc) is 2.76. The van der Waals surface area contributed by atoms with E-state index in [2.05, 4.69) is 9.68 Å². The van der Waals surface area contributed by atoms with Gasteiger partial charge in [0.25, 0.3) is 0 Å². The van der Waals surface area contributed by atoms with Gasteiger partial charge in [0.1, 0.15) is 11.8 Å². The lowest BCUT2D eigenvalue weighted by molar-refractivity contribution is -0.137. The minimum absolute atomic E-state index is 0.00512. The van der Waals surface area contributed by atoms with Crippen LogP contribution in [-0.2, 0) is 6.18 Å². The number of hydrogen-bond acceptors (Lipinski definition) is 3. The van der Waals surface area contributed by atoms with Crippen LogP contribution in [-0.4, -0.2) is 5.16 Å². The molecular formula is C11H5F3N2O. The first kappa shape index (κ1) is 11.2. The van der Waals surface area contributed by atoms with Crippen molar-refractivity contribution in [1.82, 2.24) is 5.16 Å². The Hall–Kier alpha value is -2.29. The van der Waals surface area contributed by atoms with Crippen LogP contribution in [0, 0.1) is 11.3 Å². The van der Waals surface area contributed by atoms with Crippen LogP contribution in [0.1, 0.15) is 11.3 Å². The fourth-order valence-corrected chi connectivity index (χ4v) is 1.41. The molecule has 0 amide bonds. The van der Waals surface area contributed by atoms with Gasteiger partial charge in [0.05, 0.1) is 5.56 Å². The van der Waals surface area contributed by atoms with Gasteiger partial charge in [-0.1, -0.05) is 23.4 Å². The first-order valence-electron chi connectivity index (χ1n) is 4.56. The predicted molar refractivity (Wildman–Crippen MR) is 51.7 cm³/mol. The number of nitriles is 1. The Morgan fingerprint density at radius 3 is 2.53 bits per heavy atom. The van der Waals surface area contributed by atoms with Crippen molar-refractivity contribution in [3.8, 4) is 17.3 Å². The van der Waals surface area contributed by atoms with E-state index < -0.39 is 11.7 Å². The van der Waals surface area contributed by atoms with Crippen molar-refractivity contribution in [3.63, 3.8) is 0 Å². The lowest BCUT2D eigenvalue weighted by Gasteiger charge is -2.09. The number of alkyl halides is 3. The zero-order chi connectivity index (χ0) is 12.5. The molecule has 0 spiro atoms. The summed E-state index contributed by atoms with van der Waals surface area (Å²) in [6.07, 6.45) is -4.47. The van der Waals surface area contributed by atoms with E-state index in [4.69, 9.17) is 5.26 Å². The molecule has 1 aromatic heterocycles. The molecule has 2 aromatic rings. The van der Waals surface area contributed by atoms with Crippen molar-refractivity contribution in [3.05, 3.63) is 41.7 Å². The first-order chi connectivity index (χ1) is 8.02. The highest BCUT2D eigenvalue weighted by molar-refractivity contribution is 5.64. The topological polar surface area (TPSA) is 49.8 Å². The summed E-state index contributed by atoms with van der Waals surface area (Å²) in [4.78, 5) is 0. The van der Waals surface area contributed by atoms with Crippen molar-refractivity contribution in [1.29, 1.82) is 5.26 Å². The molecule has 1 heterocycles. The zero-order valence-corrected chi connectivity index (χ0v) is 8.32. The van der Waals surface area contributed by atoms with E-state index in [9.17, 15) is 13.2 Å². The molecule has 0 saturated heterocycles. The van der Waals surface area contributed by atoms with Gasteiger partial charge in [-0.15, -0.1) is 0 Å². The Balaban J connectivity index is 2.56. The van der Waals surface area contributed by atoms with Gasteiger partial charge in [0.2, 0.25) is 5.76 Å². The van der Waals surface area contributed by atoms with Gasteiger partial charge in [-0.25, -0.2) is 0 Å². The molecule has 0 N–H and O–H groups in total. The number of halogens is 3. The molecule has 2 rings (SSSR count). The molecule has 17 heavy (non-hydrogen) atoms. The molecule has 0 saturated carbocycles. The molecule has 0 aliphatic rings. The molecule has 0 atom stereocenters. The van der Waals surface area contributed by atoms with Crippen LogP contribution in [0.3, 0.4) is 0 Å². The molecule has 0 aliphatic heterocycles. The fraction of sp³-hybridized carbons (Fsp3) is 0.0909. The maximum Gasteiger partial charge on any atom is 0.417 e. The van der Waals surface area contributed by atoms with Crippen molar-refractivity contribution < 1.29 is 17.7 Å². The summed E-state index contributed by atoms with van der Waals surface area (Å²) in [6.45, 7) is 0. The minimum atomic E-state index is -4.47. The number of benzene rings is 1. The Morgan fingerprint density at radius 1 is 1.24 bits per heavy atom. The van der Waals surface area contributed by atoms with E-state index in [0.717, 1.165) is 6.07 Å². The van der Waals surface area contributed by atoms with Crippen LogP contribution < -0.4 is 0 Å². The van der Waals surface area contributed by atoms with Crippen molar-refractivity contribution in [2.75, 3.05) is 0 Å². The third-order valence-electron chi connectivity index (χ3n) is 2.13. The van der Waals surface area contributed by atoms with Gasteiger partial charge in [0.15, 0.2) is 0 Å². The Bertz CT molecular complexity index is 581. The Labute approximate surface area is 94.1 Å². The van der Waals surface area contributed by atoms with Gasteiger partial charge in [-0.05, 0) is 6.07 Å². The summed E-state index contributed by atoms with van der Waals surface area (Å²) in [6, 6.07) is 7.82. The second-order valence-corrected chi connectivity index (χ2v) is 3.23. The molecule has 0 unspecified atom stereocenters. The van der Waals surface area contributed by atoms with Crippen LogP contribution >= 0.6 is 0 Å². The normalized spacial score (nSPS) is 11.2. The Kier molecular flexibility index (Phi) is 2.60. The highest BCUT2D eigenvalue weighted by Crippen LogP contribution is 2.36. The van der Waals surface area contributed by atoms with Crippen LogP contribution in [0.2, 0.25) is 0 Å². The third kappa shape index (κ3) is 2.13. The van der Waals surface area contributed by atoms with E-state index in [1.54, 1.807) is 6.07 Å². The molecule has 3 nitrogen and oxygen atoms in total. The van der Waals surface area contributed by atoms with E-state index in [1.807, 2.05) is 0 Å². The number of nitrogens with zero attached hydrogens (tertiary/aromatic N) is 2. The van der Waals surface area contributed by atoms with E-state index in [1.165, 1.54) is 24.3 Å². The van der Waals surface area contributed by atoms with Crippen LogP contribution in [0.15, 0.2) is 34.9 Å². The van der Waals surface area contributed by atoms with Gasteiger partial charge in [0, 0.05) is 11.6 Å². The zero-order valence-electron chi connectivity index (χ0n) is 8.32. The van der Waals surface area contributed by atoms with Gasteiger partial charge < -0.3 is 4.52 Å². The number of hydrogen-bond donors (Lipinski definition) is 0. The highest BCUT2D eigenvalue weighted by atomic mass is 19.4. The van der Waals surface area contributed by atoms with Crippen molar-refractivity contribution in [2.45, 2.75) is 6.18 Å². The summed E-state index contributed by atoms with van der Waals surface area (Å²) in [5.74, 6) is -0.128. The quantitative estimate of drug-likeness (QED) is 0.766. The summed E-state index contributed by atoms with van der Waals surface area (Å²) in [5.41, 5.74) is -0.919. The standard InChI is InChI=1S/C11H5F3N2O/c12-11(13,14)9-4-2-1-3-8(9)10-5-7(6-15)17-16-10/h1-5H. The maximum atomic E-state index is 12.7. The van der Waals surface area contributed by atoms with E-state index in [0.29, 0.717) is 0 Å². The summed E-state index contributed by atoms with van der Waals surface area (Å²) >= 11 is 0. The lowest BCUT2D eigenvalue weighted by Crippen LogP contribution is -2.06. The molecule has 0 fully saturated rings. The third-order valence-corrected chi connectivity index (χ3v) is 2.13. The molecule has 0 radical (unpaired) electrons. The Morgan fingerprint density at radius 2 is 1.94 bits per heavy atom. The first-order valence-corrected chi connectivity index (χ1v) is 4.56. The second kappa shape index (κ2) is 3.94. The minimum Gasteiger partial charge on any atom is -0.345 e. The van der Waals surface area contributed by atoms with Gasteiger partial charge in [-0.3, -0.25) is 0 Å². The molecule has 0 bridgehead atoms. The molecule has 6 heteroatoms. The smallest absolute Gasteiger partial charge is 0.345 e. The van der Waals surface area contributed by atoms with Crippen molar-refractivity contribution >= 4 is 0 Å². The monoisotopic (exact) mass is 238 g/mol. The summed E-state index contributed by atoms with van der Waals surface area (Å²) in [5, 5.41) is 12.0. The van der Waals surface area contributed by atoms with Crippen molar-refractivity contribution in [2.24, 2.45) is 0 Å². The largest absolute Gasteiger partial charge is 0.417 e. The SMILES string of the molecule is N#Cc1cc(-c2ccccc2C(F)(F)F)no1. The lowest BCUT2D eigenvalue weighted by atomic mass is 10.0. The highest BCUT2D eigenvalue weighted by Gasteiger charge is 2.34. The maximum absolute atomic E-state index is 12.7. The molecule has 86 valence electrons. The summed E-state index contributed by atoms with van der Waals surface area (Å²) < 4.78 is 42.7. The van der Waals surface area contributed by atoms with E-state index in [-0.39, 0.29) is 17.0 Å². The fourth-order valence-electron chi connectivity index (χ4n) is 1.41. The van der Waals surface area contributed by atoms with Crippen LogP contribution in [0.5, 0.6) is 0 Å². The predicted octanol–water partition coefficient (Wildman–Crippen LogP) is 3.23. The summed E-state index contributed by atoms with van der Waals surface area (Å²) in [7, 11) is 0. The number of rotatable bonds is 1. The second-order valence-electron chi connectivity index (χ2n) is 3.23. The van der Waals surface area contributed by atoms with Crippen LogP contribution in [0.4, 0.5) is 13.2 Å². The van der Waals surface area contributed by atoms with E-state index >= 15 is 0 Å².